The van der Waals surface area contributed by atoms with Gasteiger partial charge in [-0.1, -0.05) is 36.4 Å². The molecule has 0 radical (unpaired) electrons. The van der Waals surface area contributed by atoms with Crippen LogP contribution in [0.2, 0.25) is 0 Å². The van der Waals surface area contributed by atoms with Crippen molar-refractivity contribution in [3.05, 3.63) is 65.5 Å². The zero-order valence-corrected chi connectivity index (χ0v) is 19.6. The minimum atomic E-state index is -1.27. The minimum Gasteiger partial charge on any atom is -0.505 e. The van der Waals surface area contributed by atoms with Crippen LogP contribution in [0.15, 0.2) is 53.5 Å². The predicted molar refractivity (Wildman–Crippen MR) is 131 cm³/mol. The Labute approximate surface area is 207 Å². The molecule has 0 heterocycles. The average molecular weight is 503 g/mol. The van der Waals surface area contributed by atoms with Crippen molar-refractivity contribution in [1.29, 1.82) is 0 Å². The number of halogens is 1. The number of nitrogens with two attached hydrogens (primary N) is 3. The average Bonchev–Trinajstić information content (AvgIpc) is 2.83. The topological polar surface area (TPSA) is 206 Å². The number of phenols is 1. The van der Waals surface area contributed by atoms with E-state index in [0.29, 0.717) is 17.5 Å². The lowest BCUT2D eigenvalue weighted by atomic mass is 10.0. The number of aliphatic carboxylic acids is 1. The third-order valence-electron chi connectivity index (χ3n) is 5.29. The van der Waals surface area contributed by atoms with Crippen LogP contribution in [0.5, 0.6) is 5.75 Å². The number of benzene rings is 2. The normalized spacial score (nSPS) is 13.2. The maximum atomic E-state index is 13.8. The highest BCUT2D eigenvalue weighted by Gasteiger charge is 2.28. The fourth-order valence-electron chi connectivity index (χ4n) is 3.37. The van der Waals surface area contributed by atoms with Gasteiger partial charge in [-0.25, -0.2) is 9.18 Å². The molecule has 11 nitrogen and oxygen atoms in total. The van der Waals surface area contributed by atoms with Gasteiger partial charge < -0.3 is 38.0 Å². The maximum absolute atomic E-state index is 13.8. The van der Waals surface area contributed by atoms with Crippen LogP contribution < -0.4 is 27.8 Å². The fraction of sp³-hybridized carbons (Fsp3) is 0.333. The second-order valence-corrected chi connectivity index (χ2v) is 8.20. The first kappa shape index (κ1) is 28.1. The summed E-state index contributed by atoms with van der Waals surface area (Å²) in [7, 11) is 0. The molecule has 0 aliphatic rings. The van der Waals surface area contributed by atoms with Gasteiger partial charge in [0.05, 0.1) is 6.04 Å². The lowest BCUT2D eigenvalue weighted by molar-refractivity contribution is -0.142. The number of amides is 2. The van der Waals surface area contributed by atoms with Gasteiger partial charge in [-0.05, 0) is 36.1 Å². The second kappa shape index (κ2) is 13.6. The summed E-state index contributed by atoms with van der Waals surface area (Å²) >= 11 is 0. The number of hydrogen-bond donors (Lipinski definition) is 7. The Morgan fingerprint density at radius 2 is 1.58 bits per heavy atom. The van der Waals surface area contributed by atoms with Crippen LogP contribution in [-0.4, -0.2) is 58.6 Å². The molecule has 36 heavy (non-hydrogen) atoms. The fourth-order valence-corrected chi connectivity index (χ4v) is 3.37. The van der Waals surface area contributed by atoms with Crippen LogP contribution in [0.3, 0.4) is 0 Å². The van der Waals surface area contributed by atoms with Gasteiger partial charge in [0.25, 0.3) is 0 Å². The quantitative estimate of drug-likeness (QED) is 0.110. The molecule has 0 saturated heterocycles. The van der Waals surface area contributed by atoms with Crippen molar-refractivity contribution >= 4 is 23.7 Å². The number of rotatable bonds is 13. The predicted octanol–water partition coefficient (Wildman–Crippen LogP) is -0.248. The number of nitrogens with one attached hydrogen (secondary N) is 2. The van der Waals surface area contributed by atoms with Crippen molar-refractivity contribution in [1.82, 2.24) is 10.6 Å². The Balaban J connectivity index is 2.16. The lowest BCUT2D eigenvalue weighted by Crippen LogP contribution is -2.55. The molecular weight excluding hydrogens is 471 g/mol. The molecule has 2 aromatic rings. The van der Waals surface area contributed by atoms with Crippen LogP contribution in [-0.2, 0) is 27.2 Å². The van der Waals surface area contributed by atoms with Crippen LogP contribution in [0.25, 0.3) is 0 Å². The monoisotopic (exact) mass is 502 g/mol. The number of carboxylic acids is 1. The van der Waals surface area contributed by atoms with E-state index in [4.69, 9.17) is 17.2 Å². The summed E-state index contributed by atoms with van der Waals surface area (Å²) in [5.74, 6) is -4.26. The van der Waals surface area contributed by atoms with Crippen molar-refractivity contribution in [2.24, 2.45) is 22.2 Å². The number of aromatic hydroxyl groups is 1. The molecule has 12 heteroatoms. The molecule has 0 fully saturated rings. The van der Waals surface area contributed by atoms with Gasteiger partial charge in [-0.3, -0.25) is 14.6 Å². The Bertz CT molecular complexity index is 1080. The Morgan fingerprint density at radius 1 is 0.944 bits per heavy atom. The van der Waals surface area contributed by atoms with E-state index in [1.165, 1.54) is 6.07 Å². The first-order valence-corrected chi connectivity index (χ1v) is 11.2. The molecule has 3 atom stereocenters. The molecule has 2 amide bonds. The van der Waals surface area contributed by atoms with E-state index in [1.54, 1.807) is 30.3 Å². The van der Waals surface area contributed by atoms with E-state index in [-0.39, 0.29) is 31.8 Å². The first-order valence-electron chi connectivity index (χ1n) is 11.2. The molecule has 2 aromatic carbocycles. The summed E-state index contributed by atoms with van der Waals surface area (Å²) in [6, 6.07) is 8.71. The molecule has 0 spiro atoms. The lowest BCUT2D eigenvalue weighted by Gasteiger charge is -2.23. The number of phenolic OH excluding ortho intramolecular Hbond substituents is 1. The minimum absolute atomic E-state index is 0.0146. The van der Waals surface area contributed by atoms with Crippen molar-refractivity contribution in [3.63, 3.8) is 0 Å². The van der Waals surface area contributed by atoms with E-state index >= 15 is 0 Å². The maximum Gasteiger partial charge on any atom is 0.326 e. The number of nitrogens with zero attached hydrogens (tertiary/aromatic N) is 1. The van der Waals surface area contributed by atoms with Gasteiger partial charge in [-0.15, -0.1) is 0 Å². The van der Waals surface area contributed by atoms with E-state index in [9.17, 15) is 29.0 Å². The highest BCUT2D eigenvalue weighted by molar-refractivity contribution is 5.92. The number of carbonyl (C=O) groups is 3. The number of carbonyl (C=O) groups excluding carboxylic acids is 2. The SMILES string of the molecule is NC(N)=NCCC[C@H](N)C(=O)N[C@@H](Cc1ccc(O)c(F)c1)C(=O)N[C@@H](Cc1ccccc1)C(=O)O. The molecule has 0 aliphatic carbocycles. The highest BCUT2D eigenvalue weighted by Crippen LogP contribution is 2.17. The summed E-state index contributed by atoms with van der Waals surface area (Å²) in [4.78, 5) is 41.4. The Hall–Kier alpha value is -4.19. The molecule has 0 aromatic heterocycles. The van der Waals surface area contributed by atoms with Gasteiger partial charge in [0.2, 0.25) is 11.8 Å². The van der Waals surface area contributed by atoms with Crippen LogP contribution >= 0.6 is 0 Å². The summed E-state index contributed by atoms with van der Waals surface area (Å²) in [5, 5.41) is 24.0. The van der Waals surface area contributed by atoms with Crippen LogP contribution in [0.4, 0.5) is 4.39 Å². The zero-order chi connectivity index (χ0) is 26.7. The van der Waals surface area contributed by atoms with Gasteiger partial charge >= 0.3 is 5.97 Å². The van der Waals surface area contributed by atoms with E-state index in [0.717, 1.165) is 12.1 Å². The molecule has 0 unspecified atom stereocenters. The van der Waals surface area contributed by atoms with Gasteiger partial charge in [0.1, 0.15) is 12.1 Å². The summed E-state index contributed by atoms with van der Waals surface area (Å²) in [5.41, 5.74) is 17.4. The third-order valence-corrected chi connectivity index (χ3v) is 5.29. The molecule has 10 N–H and O–H groups in total. The van der Waals surface area contributed by atoms with Gasteiger partial charge in [0.15, 0.2) is 17.5 Å². The van der Waals surface area contributed by atoms with Gasteiger partial charge in [-0.2, -0.15) is 0 Å². The van der Waals surface area contributed by atoms with E-state index < -0.39 is 47.5 Å². The molecule has 0 aliphatic heterocycles. The third kappa shape index (κ3) is 9.22. The van der Waals surface area contributed by atoms with Crippen molar-refractivity contribution in [3.8, 4) is 5.75 Å². The van der Waals surface area contributed by atoms with E-state index in [1.807, 2.05) is 0 Å². The van der Waals surface area contributed by atoms with Crippen LogP contribution in [0, 0.1) is 5.82 Å². The largest absolute Gasteiger partial charge is 0.505 e. The number of hydrogen-bond acceptors (Lipinski definition) is 6. The number of carboxylic acid groups (broad SMARTS) is 1. The zero-order valence-electron chi connectivity index (χ0n) is 19.6. The van der Waals surface area contributed by atoms with Crippen molar-refractivity contribution in [2.45, 2.75) is 43.8 Å². The number of aliphatic imine (C=N–C) groups is 1. The van der Waals surface area contributed by atoms with E-state index in [2.05, 4.69) is 15.6 Å². The molecule has 194 valence electrons. The Kier molecular flexibility index (Phi) is 10.6. The van der Waals surface area contributed by atoms with Gasteiger partial charge in [0, 0.05) is 19.4 Å². The second-order valence-electron chi connectivity index (χ2n) is 8.20. The Morgan fingerprint density at radius 3 is 2.19 bits per heavy atom. The van der Waals surface area contributed by atoms with Crippen molar-refractivity contribution in [2.75, 3.05) is 6.54 Å². The highest BCUT2D eigenvalue weighted by atomic mass is 19.1. The first-order chi connectivity index (χ1) is 17.1. The smallest absolute Gasteiger partial charge is 0.326 e. The van der Waals surface area contributed by atoms with Crippen molar-refractivity contribution < 1.29 is 29.0 Å². The van der Waals surface area contributed by atoms with Crippen LogP contribution in [0.1, 0.15) is 24.0 Å². The molecule has 0 saturated carbocycles. The number of guanidine groups is 1. The summed E-state index contributed by atoms with van der Waals surface area (Å²) in [6.45, 7) is 0.264. The standard InChI is InChI=1S/C24H31FN6O5/c25-16-11-15(8-9-20(16)32)13-18(30-21(33)17(26)7-4-10-29-24(27)28)22(34)31-19(23(35)36)12-14-5-2-1-3-6-14/h1-3,5-6,8-9,11,17-19,32H,4,7,10,12-13,26H2,(H,30,33)(H,31,34)(H,35,36)(H4,27,28,29)/t17-,18-,19-/m0/s1. The summed E-state index contributed by atoms with van der Waals surface area (Å²) in [6.07, 6.45) is 0.467. The molecular formula is C24H31FN6O5. The molecule has 0 bridgehead atoms. The summed E-state index contributed by atoms with van der Waals surface area (Å²) < 4.78 is 13.8. The molecule has 2 rings (SSSR count).